The summed E-state index contributed by atoms with van der Waals surface area (Å²) < 4.78 is 35.3. The molecule has 0 atom stereocenters. The van der Waals surface area contributed by atoms with Crippen molar-refractivity contribution in [3.05, 3.63) is 77.9 Å². The maximum atomic E-state index is 14.8. The van der Waals surface area contributed by atoms with E-state index in [4.69, 9.17) is 4.74 Å². The van der Waals surface area contributed by atoms with Crippen molar-refractivity contribution in [3.63, 3.8) is 0 Å². The van der Waals surface area contributed by atoms with Gasteiger partial charge in [-0.05, 0) is 37.6 Å². The predicted molar refractivity (Wildman–Crippen MR) is 128 cm³/mol. The Morgan fingerprint density at radius 3 is 2.49 bits per heavy atom. The Morgan fingerprint density at radius 1 is 0.886 bits per heavy atom. The van der Waals surface area contributed by atoms with Gasteiger partial charge in [0.1, 0.15) is 22.8 Å². The lowest BCUT2D eigenvalue weighted by Crippen LogP contribution is -2.03. The summed E-state index contributed by atoms with van der Waals surface area (Å²) in [5, 5.41) is 4.38. The third-order valence-electron chi connectivity index (χ3n) is 5.74. The van der Waals surface area contributed by atoms with Gasteiger partial charge in [0.2, 0.25) is 0 Å². The van der Waals surface area contributed by atoms with Crippen LogP contribution in [0.25, 0.3) is 44.9 Å². The molecule has 0 radical (unpaired) electrons. The highest BCUT2D eigenvalue weighted by Crippen LogP contribution is 2.31. The average Bonchev–Trinajstić information content (AvgIpc) is 3.32. The number of methoxy groups -OCH3 is 1. The van der Waals surface area contributed by atoms with E-state index in [2.05, 4.69) is 25.0 Å². The fourth-order valence-corrected chi connectivity index (χ4v) is 3.77. The molecule has 0 N–H and O–H groups in total. The number of hydrogen-bond donors (Lipinski definition) is 0. The van der Waals surface area contributed by atoms with Crippen molar-refractivity contribution in [2.45, 2.75) is 20.4 Å². The highest BCUT2D eigenvalue weighted by Gasteiger charge is 2.18. The molecule has 7 nitrogen and oxygen atoms in total. The molecular weight excluding hydrogens is 450 g/mol. The zero-order chi connectivity index (χ0) is 24.5. The molecule has 9 heteroatoms. The minimum absolute atomic E-state index is 0.133. The fourth-order valence-electron chi connectivity index (χ4n) is 3.77. The minimum atomic E-state index is -0.729. The Labute approximate surface area is 200 Å². The van der Waals surface area contributed by atoms with Gasteiger partial charge >= 0.3 is 0 Å². The van der Waals surface area contributed by atoms with E-state index in [1.165, 1.54) is 12.1 Å². The Balaban J connectivity index is 1.65. The topological polar surface area (TPSA) is 78.6 Å². The fraction of sp³-hybridized carbons (Fsp3) is 0.192. The van der Waals surface area contributed by atoms with E-state index in [0.717, 1.165) is 22.8 Å². The molecule has 3 aromatic heterocycles. The van der Waals surface area contributed by atoms with E-state index in [9.17, 15) is 8.78 Å². The minimum Gasteiger partial charge on any atom is -0.383 e. The summed E-state index contributed by atoms with van der Waals surface area (Å²) in [6.07, 6.45) is 3.73. The number of nitrogens with zero attached hydrogens (tertiary/aromatic N) is 6. The number of benzene rings is 2. The number of aromatic nitrogens is 6. The maximum Gasteiger partial charge on any atom is 0.182 e. The van der Waals surface area contributed by atoms with Crippen LogP contribution in [0.2, 0.25) is 0 Å². The molecule has 0 saturated carbocycles. The van der Waals surface area contributed by atoms with Crippen LogP contribution in [0.4, 0.5) is 8.78 Å². The number of fused-ring (bicyclic) bond motifs is 1. The first-order valence-corrected chi connectivity index (χ1v) is 11.0. The van der Waals surface area contributed by atoms with E-state index in [0.29, 0.717) is 41.5 Å². The van der Waals surface area contributed by atoms with E-state index >= 15 is 0 Å². The lowest BCUT2D eigenvalue weighted by molar-refractivity contribution is 0.183. The number of ether oxygens (including phenoxy) is 1. The first-order valence-electron chi connectivity index (χ1n) is 11.0. The highest BCUT2D eigenvalue weighted by molar-refractivity contribution is 5.89. The Kier molecular flexibility index (Phi) is 6.00. The molecule has 0 unspecified atom stereocenters. The van der Waals surface area contributed by atoms with Gasteiger partial charge in [0.25, 0.3) is 0 Å². The van der Waals surface area contributed by atoms with Gasteiger partial charge in [-0.2, -0.15) is 5.10 Å². The largest absolute Gasteiger partial charge is 0.383 e. The third-order valence-corrected chi connectivity index (χ3v) is 5.74. The first kappa shape index (κ1) is 22.7. The second-order valence-electron chi connectivity index (χ2n) is 8.15. The molecule has 0 aliphatic rings. The summed E-state index contributed by atoms with van der Waals surface area (Å²) in [5.41, 5.74) is 5.07. The quantitative estimate of drug-likeness (QED) is 0.340. The SMILES string of the molecule is COCCn1cc(-c2cccc(-c3nc(-c4ccc(F)cc4F)c4nc(C)c(C)nc4n3)c2)cn1. The van der Waals surface area contributed by atoms with Crippen LogP contribution in [-0.2, 0) is 11.3 Å². The van der Waals surface area contributed by atoms with Gasteiger partial charge in [0.05, 0.1) is 30.7 Å². The molecule has 5 rings (SSSR count). The van der Waals surface area contributed by atoms with E-state index < -0.39 is 11.6 Å². The maximum absolute atomic E-state index is 14.8. The molecule has 0 saturated heterocycles. The summed E-state index contributed by atoms with van der Waals surface area (Å²) in [6.45, 7) is 4.86. The zero-order valence-electron chi connectivity index (χ0n) is 19.5. The van der Waals surface area contributed by atoms with Crippen LogP contribution in [0.15, 0.2) is 54.9 Å². The van der Waals surface area contributed by atoms with Crippen molar-refractivity contribution < 1.29 is 13.5 Å². The van der Waals surface area contributed by atoms with Crippen LogP contribution in [0.1, 0.15) is 11.4 Å². The summed E-state index contributed by atoms with van der Waals surface area (Å²) in [7, 11) is 1.65. The summed E-state index contributed by atoms with van der Waals surface area (Å²) >= 11 is 0. The Morgan fingerprint density at radius 2 is 1.69 bits per heavy atom. The molecule has 3 heterocycles. The Hall–Kier alpha value is -4.11. The van der Waals surface area contributed by atoms with E-state index in [-0.39, 0.29) is 11.3 Å². The number of aryl methyl sites for hydroxylation is 2. The molecule has 0 amide bonds. The van der Waals surface area contributed by atoms with Crippen molar-refractivity contribution in [1.82, 2.24) is 29.7 Å². The summed E-state index contributed by atoms with van der Waals surface area (Å²) in [5.74, 6) is -1.03. The molecule has 5 aromatic rings. The monoisotopic (exact) mass is 472 g/mol. The second-order valence-corrected chi connectivity index (χ2v) is 8.15. The van der Waals surface area contributed by atoms with Crippen LogP contribution in [0, 0.1) is 25.5 Å². The summed E-state index contributed by atoms with van der Waals surface area (Å²) in [4.78, 5) is 18.5. The van der Waals surface area contributed by atoms with Crippen LogP contribution < -0.4 is 0 Å². The van der Waals surface area contributed by atoms with Gasteiger partial charge < -0.3 is 4.74 Å². The molecule has 0 spiro atoms. The van der Waals surface area contributed by atoms with E-state index in [1.54, 1.807) is 13.3 Å². The van der Waals surface area contributed by atoms with Gasteiger partial charge in [-0.25, -0.2) is 28.7 Å². The van der Waals surface area contributed by atoms with Gasteiger partial charge in [-0.15, -0.1) is 0 Å². The Bertz CT molecular complexity index is 1550. The van der Waals surface area contributed by atoms with Crippen LogP contribution in [0.3, 0.4) is 0 Å². The van der Waals surface area contributed by atoms with Crippen molar-refractivity contribution in [2.75, 3.05) is 13.7 Å². The normalized spacial score (nSPS) is 11.3. The zero-order valence-corrected chi connectivity index (χ0v) is 19.5. The highest BCUT2D eigenvalue weighted by atomic mass is 19.1. The number of rotatable bonds is 6. The molecule has 35 heavy (non-hydrogen) atoms. The molecule has 2 aromatic carbocycles. The van der Waals surface area contributed by atoms with Gasteiger partial charge in [0.15, 0.2) is 11.5 Å². The lowest BCUT2D eigenvalue weighted by atomic mass is 10.0. The van der Waals surface area contributed by atoms with Crippen molar-refractivity contribution in [3.8, 4) is 33.8 Å². The van der Waals surface area contributed by atoms with Crippen LogP contribution in [-0.4, -0.2) is 43.4 Å². The molecule has 0 aliphatic carbocycles. The van der Waals surface area contributed by atoms with Gasteiger partial charge in [-0.1, -0.05) is 18.2 Å². The molecule has 0 fully saturated rings. The molecular formula is C26H22F2N6O. The van der Waals surface area contributed by atoms with Gasteiger partial charge in [0, 0.05) is 36.1 Å². The summed E-state index contributed by atoms with van der Waals surface area (Å²) in [6, 6.07) is 11.1. The van der Waals surface area contributed by atoms with E-state index in [1.807, 2.05) is 49.0 Å². The lowest BCUT2D eigenvalue weighted by Gasteiger charge is -2.11. The number of hydrogen-bond acceptors (Lipinski definition) is 6. The third kappa shape index (κ3) is 4.50. The molecule has 0 bridgehead atoms. The average molecular weight is 472 g/mol. The van der Waals surface area contributed by atoms with Crippen molar-refractivity contribution in [1.29, 1.82) is 0 Å². The first-order chi connectivity index (χ1) is 16.9. The van der Waals surface area contributed by atoms with Crippen LogP contribution >= 0.6 is 0 Å². The molecule has 0 aliphatic heterocycles. The van der Waals surface area contributed by atoms with Crippen LogP contribution in [0.5, 0.6) is 0 Å². The standard InChI is InChI=1S/C26H22F2N6O/c1-15-16(2)31-26-24(30-15)23(21-8-7-20(27)12-22(21)28)32-25(33-26)18-6-4-5-17(11-18)19-13-29-34(14-19)9-10-35-3/h4-8,11-14H,9-10H2,1-3H3. The smallest absolute Gasteiger partial charge is 0.182 e. The number of halogens is 2. The van der Waals surface area contributed by atoms with Crippen molar-refractivity contribution >= 4 is 11.2 Å². The second kappa shape index (κ2) is 9.27. The van der Waals surface area contributed by atoms with Gasteiger partial charge in [-0.3, -0.25) is 4.68 Å². The molecule has 176 valence electrons. The van der Waals surface area contributed by atoms with Crippen molar-refractivity contribution in [2.24, 2.45) is 0 Å². The predicted octanol–water partition coefficient (Wildman–Crippen LogP) is 5.16.